The molecule has 110 valence electrons. The van der Waals surface area contributed by atoms with Crippen LogP contribution in [0.4, 0.5) is 24.5 Å². The predicted octanol–water partition coefficient (Wildman–Crippen LogP) is 3.06. The number of hydrogen-bond acceptors (Lipinski definition) is 2. The Morgan fingerprint density at radius 3 is 2.30 bits per heavy atom. The molecule has 0 saturated carbocycles. The summed E-state index contributed by atoms with van der Waals surface area (Å²) in [5, 5.41) is 0. The Labute approximate surface area is 114 Å². The van der Waals surface area contributed by atoms with E-state index in [-0.39, 0.29) is 17.3 Å². The van der Waals surface area contributed by atoms with Crippen molar-refractivity contribution in [1.29, 1.82) is 0 Å². The molecule has 20 heavy (non-hydrogen) atoms. The fraction of sp³-hybridized carbons (Fsp3) is 0.462. The second-order valence-electron chi connectivity index (χ2n) is 4.72. The summed E-state index contributed by atoms with van der Waals surface area (Å²) >= 11 is 0. The SMILES string of the molecule is CC(=O)N1CCN(c2ccc([NH-])cc2C(F)(F)F)CC1. The maximum atomic E-state index is 13.0. The third-order valence-electron chi connectivity index (χ3n) is 3.37. The molecule has 1 aromatic rings. The Morgan fingerprint density at radius 1 is 1.20 bits per heavy atom. The zero-order chi connectivity index (χ0) is 14.9. The van der Waals surface area contributed by atoms with Gasteiger partial charge in [0.05, 0.1) is 5.56 Å². The quantitative estimate of drug-likeness (QED) is 0.796. The molecule has 1 saturated heterocycles. The maximum Gasteiger partial charge on any atom is 0.418 e. The smallest absolute Gasteiger partial charge is 0.418 e. The molecule has 0 radical (unpaired) electrons. The molecule has 1 aliphatic rings. The molecule has 1 fully saturated rings. The molecule has 2 rings (SSSR count). The highest BCUT2D eigenvalue weighted by atomic mass is 19.4. The van der Waals surface area contributed by atoms with E-state index in [9.17, 15) is 18.0 Å². The van der Waals surface area contributed by atoms with Gasteiger partial charge in [-0.05, 0) is 6.07 Å². The summed E-state index contributed by atoms with van der Waals surface area (Å²) in [5.74, 6) is -0.0674. The number of carbonyl (C=O) groups is 1. The van der Waals surface area contributed by atoms with E-state index in [1.165, 1.54) is 19.1 Å². The highest BCUT2D eigenvalue weighted by Crippen LogP contribution is 2.38. The zero-order valence-electron chi connectivity index (χ0n) is 11.0. The number of amides is 1. The number of hydrogen-bond donors (Lipinski definition) is 0. The van der Waals surface area contributed by atoms with Gasteiger partial charge in [-0.1, -0.05) is 12.1 Å². The van der Waals surface area contributed by atoms with Gasteiger partial charge in [0.25, 0.3) is 0 Å². The second-order valence-corrected chi connectivity index (χ2v) is 4.72. The third-order valence-corrected chi connectivity index (χ3v) is 3.37. The van der Waals surface area contributed by atoms with Crippen molar-refractivity contribution in [2.75, 3.05) is 31.1 Å². The number of rotatable bonds is 1. The fourth-order valence-corrected chi connectivity index (χ4v) is 2.30. The lowest BCUT2D eigenvalue weighted by Gasteiger charge is -2.37. The van der Waals surface area contributed by atoms with E-state index in [2.05, 4.69) is 0 Å². The molecular formula is C13H15F3N3O-. The van der Waals surface area contributed by atoms with Crippen molar-refractivity contribution in [3.05, 3.63) is 29.5 Å². The Morgan fingerprint density at radius 2 is 1.80 bits per heavy atom. The van der Waals surface area contributed by atoms with E-state index in [4.69, 9.17) is 5.73 Å². The van der Waals surface area contributed by atoms with Crippen LogP contribution in [-0.2, 0) is 11.0 Å². The largest absolute Gasteiger partial charge is 0.699 e. The minimum atomic E-state index is -4.48. The predicted molar refractivity (Wildman–Crippen MR) is 69.9 cm³/mol. The van der Waals surface area contributed by atoms with Crippen LogP contribution in [0, 0.1) is 0 Å². The average Bonchev–Trinajstić information content (AvgIpc) is 2.38. The number of alkyl halides is 3. The number of halogens is 3. The topological polar surface area (TPSA) is 47.4 Å². The average molecular weight is 286 g/mol. The molecule has 0 unspecified atom stereocenters. The number of nitrogens with zero attached hydrogens (tertiary/aromatic N) is 2. The second kappa shape index (κ2) is 5.22. The van der Waals surface area contributed by atoms with E-state index in [1.54, 1.807) is 9.80 Å². The lowest BCUT2D eigenvalue weighted by molar-refractivity contribution is -0.137. The third kappa shape index (κ3) is 2.97. The first-order valence-corrected chi connectivity index (χ1v) is 6.22. The summed E-state index contributed by atoms with van der Waals surface area (Å²) in [5.41, 5.74) is 6.47. The van der Waals surface area contributed by atoms with Crippen LogP contribution in [-0.4, -0.2) is 37.0 Å². The van der Waals surface area contributed by atoms with Crippen molar-refractivity contribution < 1.29 is 18.0 Å². The van der Waals surface area contributed by atoms with E-state index in [0.29, 0.717) is 26.2 Å². The molecule has 1 aromatic carbocycles. The molecule has 1 N–H and O–H groups in total. The van der Waals surface area contributed by atoms with Gasteiger partial charge in [0.2, 0.25) is 5.91 Å². The maximum absolute atomic E-state index is 13.0. The molecule has 0 spiro atoms. The molecule has 0 atom stereocenters. The lowest BCUT2D eigenvalue weighted by Crippen LogP contribution is -2.48. The standard InChI is InChI=1S/C13H15F3N3O/c1-9(20)18-4-6-19(7-5-18)12-3-2-10(17)8-11(12)13(14,15)16/h2-3,8,17H,4-7H2,1H3/q-1. The van der Waals surface area contributed by atoms with Crippen LogP contribution in [0.5, 0.6) is 0 Å². The summed E-state index contributed by atoms with van der Waals surface area (Å²) in [6, 6.07) is 3.52. The van der Waals surface area contributed by atoms with Crippen molar-refractivity contribution in [3.8, 4) is 0 Å². The van der Waals surface area contributed by atoms with Crippen LogP contribution in [0.2, 0.25) is 0 Å². The number of benzene rings is 1. The molecule has 1 heterocycles. The summed E-state index contributed by atoms with van der Waals surface area (Å²) in [6.45, 7) is 3.00. The van der Waals surface area contributed by atoms with E-state index in [0.717, 1.165) is 6.07 Å². The van der Waals surface area contributed by atoms with Gasteiger partial charge < -0.3 is 15.5 Å². The van der Waals surface area contributed by atoms with Gasteiger partial charge in [-0.2, -0.15) is 13.2 Å². The first kappa shape index (κ1) is 14.5. The Kier molecular flexibility index (Phi) is 3.78. The molecule has 0 aromatic heterocycles. The van der Waals surface area contributed by atoms with Crippen molar-refractivity contribution >= 4 is 17.3 Å². The van der Waals surface area contributed by atoms with E-state index < -0.39 is 11.7 Å². The molecule has 7 heteroatoms. The zero-order valence-corrected chi connectivity index (χ0v) is 11.0. The first-order valence-electron chi connectivity index (χ1n) is 6.22. The van der Waals surface area contributed by atoms with Gasteiger partial charge in [-0.25, -0.2) is 0 Å². The van der Waals surface area contributed by atoms with Gasteiger partial charge in [0.1, 0.15) is 0 Å². The summed E-state index contributed by atoms with van der Waals surface area (Å²) in [7, 11) is 0. The van der Waals surface area contributed by atoms with Gasteiger partial charge in [0.15, 0.2) is 0 Å². The van der Waals surface area contributed by atoms with E-state index >= 15 is 0 Å². The molecule has 1 amide bonds. The number of piperazine rings is 1. The highest BCUT2D eigenvalue weighted by molar-refractivity contribution is 5.73. The minimum Gasteiger partial charge on any atom is -0.699 e. The number of anilines is 1. The highest BCUT2D eigenvalue weighted by Gasteiger charge is 2.35. The van der Waals surface area contributed by atoms with Crippen molar-refractivity contribution in [1.82, 2.24) is 4.90 Å². The van der Waals surface area contributed by atoms with Crippen molar-refractivity contribution in [3.63, 3.8) is 0 Å². The van der Waals surface area contributed by atoms with Crippen LogP contribution in [0.25, 0.3) is 5.73 Å². The van der Waals surface area contributed by atoms with Gasteiger partial charge in [-0.3, -0.25) is 4.79 Å². The normalized spacial score (nSPS) is 16.4. The molecule has 4 nitrogen and oxygen atoms in total. The number of carbonyl (C=O) groups excluding carboxylic acids is 1. The molecule has 1 aliphatic heterocycles. The molecule has 0 bridgehead atoms. The minimum absolute atomic E-state index is 0.0674. The van der Waals surface area contributed by atoms with Crippen molar-refractivity contribution in [2.24, 2.45) is 0 Å². The number of nitrogens with one attached hydrogen (secondary N) is 1. The Hall–Kier alpha value is -1.92. The molecule has 0 aliphatic carbocycles. The van der Waals surface area contributed by atoms with Crippen LogP contribution in [0.1, 0.15) is 12.5 Å². The van der Waals surface area contributed by atoms with Gasteiger partial charge >= 0.3 is 6.18 Å². The summed E-state index contributed by atoms with van der Waals surface area (Å²) in [4.78, 5) is 14.4. The fourth-order valence-electron chi connectivity index (χ4n) is 2.30. The Balaban J connectivity index is 2.24. The van der Waals surface area contributed by atoms with Gasteiger partial charge in [-0.15, -0.1) is 5.69 Å². The van der Waals surface area contributed by atoms with Crippen molar-refractivity contribution in [2.45, 2.75) is 13.1 Å². The molecular weight excluding hydrogens is 271 g/mol. The monoisotopic (exact) mass is 286 g/mol. The van der Waals surface area contributed by atoms with Crippen LogP contribution in [0.3, 0.4) is 0 Å². The summed E-state index contributed by atoms with van der Waals surface area (Å²) in [6.07, 6.45) is -4.48. The van der Waals surface area contributed by atoms with Crippen LogP contribution in [0.15, 0.2) is 18.2 Å². The first-order chi connectivity index (χ1) is 9.29. The Bertz CT molecular complexity index is 508. The van der Waals surface area contributed by atoms with E-state index in [1.807, 2.05) is 0 Å². The van der Waals surface area contributed by atoms with Crippen LogP contribution < -0.4 is 4.90 Å². The van der Waals surface area contributed by atoms with Gasteiger partial charge in [0, 0.05) is 38.8 Å². The summed E-state index contributed by atoms with van der Waals surface area (Å²) < 4.78 is 39.0. The lowest BCUT2D eigenvalue weighted by atomic mass is 10.1. The van der Waals surface area contributed by atoms with Crippen LogP contribution >= 0.6 is 0 Å².